The maximum Gasteiger partial charge on any atom is 0.139 e. The fourth-order valence-electron chi connectivity index (χ4n) is 5.76. The lowest BCUT2D eigenvalue weighted by molar-refractivity contribution is -0.163. The van der Waals surface area contributed by atoms with E-state index in [9.17, 15) is 9.59 Å². The van der Waals surface area contributed by atoms with E-state index >= 15 is 0 Å². The molecule has 0 aromatic carbocycles. The number of ether oxygens (including phenoxy) is 1. The van der Waals surface area contributed by atoms with Gasteiger partial charge in [0.25, 0.3) is 0 Å². The van der Waals surface area contributed by atoms with Crippen LogP contribution in [0, 0.1) is 29.1 Å². The molecule has 3 nitrogen and oxygen atoms in total. The molecule has 6 atom stereocenters. The number of hydrogen-bond acceptors (Lipinski definition) is 3. The van der Waals surface area contributed by atoms with Crippen molar-refractivity contribution >= 4 is 11.6 Å². The summed E-state index contributed by atoms with van der Waals surface area (Å²) >= 11 is 0. The molecule has 3 aliphatic carbocycles. The zero-order chi connectivity index (χ0) is 13.9. The highest BCUT2D eigenvalue weighted by molar-refractivity contribution is 5.87. The van der Waals surface area contributed by atoms with E-state index in [1.54, 1.807) is 0 Å². The maximum absolute atomic E-state index is 12.2. The fraction of sp³-hybridized carbons (Fsp3) is 0.882. The number of Topliss-reactive ketones (excluding diaryl/α,β-unsaturated/α-hetero) is 2. The average Bonchev–Trinajstić information content (AvgIpc) is 2.74. The first kappa shape index (κ1) is 13.0. The first-order chi connectivity index (χ1) is 9.59. The van der Waals surface area contributed by atoms with Gasteiger partial charge in [0.2, 0.25) is 0 Å². The summed E-state index contributed by atoms with van der Waals surface area (Å²) < 4.78 is 6.08. The third-order valence-corrected chi connectivity index (χ3v) is 6.92. The highest BCUT2D eigenvalue weighted by Crippen LogP contribution is 2.58. The van der Waals surface area contributed by atoms with Crippen molar-refractivity contribution in [2.75, 3.05) is 6.61 Å². The van der Waals surface area contributed by atoms with Crippen molar-refractivity contribution in [3.8, 4) is 0 Å². The van der Waals surface area contributed by atoms with E-state index in [1.807, 2.05) is 0 Å². The molecule has 0 unspecified atom stereocenters. The highest BCUT2D eigenvalue weighted by Gasteiger charge is 2.57. The summed E-state index contributed by atoms with van der Waals surface area (Å²) in [4.78, 5) is 23.9. The van der Waals surface area contributed by atoms with Gasteiger partial charge in [0.1, 0.15) is 11.6 Å². The summed E-state index contributed by atoms with van der Waals surface area (Å²) in [6.45, 7) is 2.98. The molecule has 1 aliphatic heterocycles. The quantitative estimate of drug-likeness (QED) is 0.683. The van der Waals surface area contributed by atoms with Gasteiger partial charge in [0.05, 0.1) is 12.7 Å². The number of carbonyl (C=O) groups is 2. The SMILES string of the molecule is C[C@]12CC[C@@H]3[C@H]4CCC(=O)C[C@@H]4OC[C@H]3[C@@H]1CCC2=O. The Bertz CT molecular complexity index is 457. The molecule has 4 aliphatic rings. The number of rotatable bonds is 0. The zero-order valence-corrected chi connectivity index (χ0v) is 12.3. The van der Waals surface area contributed by atoms with Gasteiger partial charge in [-0.3, -0.25) is 9.59 Å². The molecular formula is C17H24O3. The minimum absolute atomic E-state index is 0.0676. The van der Waals surface area contributed by atoms with E-state index in [0.717, 1.165) is 38.7 Å². The first-order valence-electron chi connectivity index (χ1n) is 8.26. The van der Waals surface area contributed by atoms with Crippen molar-refractivity contribution in [1.29, 1.82) is 0 Å². The molecule has 20 heavy (non-hydrogen) atoms. The molecule has 3 saturated carbocycles. The summed E-state index contributed by atoms with van der Waals surface area (Å²) in [6, 6.07) is 0. The van der Waals surface area contributed by atoms with E-state index in [-0.39, 0.29) is 11.5 Å². The van der Waals surface area contributed by atoms with Crippen LogP contribution < -0.4 is 0 Å². The Hall–Kier alpha value is -0.700. The van der Waals surface area contributed by atoms with Gasteiger partial charge in [0, 0.05) is 24.7 Å². The van der Waals surface area contributed by atoms with Crippen molar-refractivity contribution in [1.82, 2.24) is 0 Å². The number of ketones is 2. The second kappa shape index (κ2) is 4.40. The van der Waals surface area contributed by atoms with Crippen LogP contribution in [0.15, 0.2) is 0 Å². The van der Waals surface area contributed by atoms with Gasteiger partial charge in [-0.2, -0.15) is 0 Å². The minimum atomic E-state index is -0.0676. The van der Waals surface area contributed by atoms with Gasteiger partial charge >= 0.3 is 0 Å². The van der Waals surface area contributed by atoms with Gasteiger partial charge < -0.3 is 4.74 Å². The topological polar surface area (TPSA) is 43.4 Å². The molecule has 0 radical (unpaired) electrons. The molecule has 4 fully saturated rings. The first-order valence-corrected chi connectivity index (χ1v) is 8.26. The average molecular weight is 276 g/mol. The third-order valence-electron chi connectivity index (χ3n) is 6.92. The van der Waals surface area contributed by atoms with E-state index in [0.29, 0.717) is 41.7 Å². The summed E-state index contributed by atoms with van der Waals surface area (Å²) in [5.41, 5.74) is -0.0676. The molecule has 3 heteroatoms. The molecule has 110 valence electrons. The minimum Gasteiger partial charge on any atom is -0.377 e. The Labute approximate surface area is 120 Å². The summed E-state index contributed by atoms with van der Waals surface area (Å²) in [5.74, 6) is 3.24. The molecule has 0 aromatic heterocycles. The number of carbonyl (C=O) groups excluding carboxylic acids is 2. The molecule has 0 N–H and O–H groups in total. The second-order valence-corrected chi connectivity index (χ2v) is 7.67. The molecule has 1 heterocycles. The molecular weight excluding hydrogens is 252 g/mol. The summed E-state index contributed by atoms with van der Waals surface area (Å²) in [5, 5.41) is 0. The lowest BCUT2D eigenvalue weighted by Crippen LogP contribution is -2.53. The number of hydrogen-bond donors (Lipinski definition) is 0. The van der Waals surface area contributed by atoms with Crippen LogP contribution in [0.1, 0.15) is 51.9 Å². The van der Waals surface area contributed by atoms with E-state index in [4.69, 9.17) is 4.74 Å². The van der Waals surface area contributed by atoms with Crippen LogP contribution in [0.5, 0.6) is 0 Å². The van der Waals surface area contributed by atoms with E-state index < -0.39 is 0 Å². The summed E-state index contributed by atoms with van der Waals surface area (Å²) in [6.07, 6.45) is 6.65. The third kappa shape index (κ3) is 1.68. The normalized spacial score (nSPS) is 51.4. The lowest BCUT2D eigenvalue weighted by Gasteiger charge is -2.53. The molecule has 1 saturated heterocycles. The van der Waals surface area contributed by atoms with Gasteiger partial charge in [-0.1, -0.05) is 6.92 Å². The van der Waals surface area contributed by atoms with Crippen LogP contribution in [0.3, 0.4) is 0 Å². The van der Waals surface area contributed by atoms with Crippen molar-refractivity contribution < 1.29 is 14.3 Å². The van der Waals surface area contributed by atoms with E-state index in [2.05, 4.69) is 6.92 Å². The standard InChI is InChI=1S/C17H24O3/c1-17-7-6-11-12-3-2-10(18)8-15(12)20-9-13(11)14(17)4-5-16(17)19/h11-15H,2-9H2,1H3/t11-,12-,13-,14+,15+,17+/m1/s1. The molecule has 0 spiro atoms. The predicted octanol–water partition coefficient (Wildman–Crippen LogP) is 2.77. The highest BCUT2D eigenvalue weighted by atomic mass is 16.5. The molecule has 4 rings (SSSR count). The van der Waals surface area contributed by atoms with Crippen LogP contribution in [-0.4, -0.2) is 24.3 Å². The monoisotopic (exact) mass is 276 g/mol. The molecule has 0 amide bonds. The Kier molecular flexibility index (Phi) is 2.86. The second-order valence-electron chi connectivity index (χ2n) is 7.67. The van der Waals surface area contributed by atoms with Gasteiger partial charge in [-0.25, -0.2) is 0 Å². The van der Waals surface area contributed by atoms with Crippen molar-refractivity contribution in [2.24, 2.45) is 29.1 Å². The summed E-state index contributed by atoms with van der Waals surface area (Å²) in [7, 11) is 0. The fourth-order valence-corrected chi connectivity index (χ4v) is 5.76. The predicted molar refractivity (Wildman–Crippen MR) is 74.1 cm³/mol. The Morgan fingerprint density at radius 1 is 1.05 bits per heavy atom. The van der Waals surface area contributed by atoms with E-state index in [1.165, 1.54) is 6.42 Å². The maximum atomic E-state index is 12.2. The lowest BCUT2D eigenvalue weighted by atomic mass is 9.55. The molecule has 0 bridgehead atoms. The van der Waals surface area contributed by atoms with Crippen LogP contribution >= 0.6 is 0 Å². The van der Waals surface area contributed by atoms with Gasteiger partial charge in [-0.05, 0) is 49.4 Å². The Morgan fingerprint density at radius 2 is 1.90 bits per heavy atom. The zero-order valence-electron chi connectivity index (χ0n) is 12.3. The van der Waals surface area contributed by atoms with Crippen molar-refractivity contribution in [3.05, 3.63) is 0 Å². The van der Waals surface area contributed by atoms with Crippen molar-refractivity contribution in [3.63, 3.8) is 0 Å². The Morgan fingerprint density at radius 3 is 2.75 bits per heavy atom. The van der Waals surface area contributed by atoms with Gasteiger partial charge in [-0.15, -0.1) is 0 Å². The largest absolute Gasteiger partial charge is 0.377 e. The van der Waals surface area contributed by atoms with Crippen LogP contribution in [0.25, 0.3) is 0 Å². The van der Waals surface area contributed by atoms with Crippen LogP contribution in [0.4, 0.5) is 0 Å². The number of fused-ring (bicyclic) bond motifs is 5. The van der Waals surface area contributed by atoms with Gasteiger partial charge in [0.15, 0.2) is 0 Å². The van der Waals surface area contributed by atoms with Crippen LogP contribution in [0.2, 0.25) is 0 Å². The Balaban J connectivity index is 1.59. The smallest absolute Gasteiger partial charge is 0.139 e. The van der Waals surface area contributed by atoms with Crippen LogP contribution in [-0.2, 0) is 14.3 Å². The molecule has 0 aromatic rings. The van der Waals surface area contributed by atoms with Crippen molar-refractivity contribution in [2.45, 2.75) is 58.0 Å².